The Labute approximate surface area is 97.6 Å². The number of halogens is 1. The number of rotatable bonds is 3. The molecule has 0 bridgehead atoms. The molecule has 3 heteroatoms. The van der Waals surface area contributed by atoms with E-state index in [0.29, 0.717) is 0 Å². The second kappa shape index (κ2) is 4.37. The summed E-state index contributed by atoms with van der Waals surface area (Å²) in [5.74, 6) is 1.01. The van der Waals surface area contributed by atoms with Crippen LogP contribution >= 0.6 is 15.9 Å². The lowest BCUT2D eigenvalue weighted by Gasteiger charge is -1.97. The van der Waals surface area contributed by atoms with Gasteiger partial charge >= 0.3 is 0 Å². The molecule has 0 spiro atoms. The summed E-state index contributed by atoms with van der Waals surface area (Å²) in [7, 11) is 0. The molecular formula is C12H14BrNO. The molecule has 1 aromatic heterocycles. The van der Waals surface area contributed by atoms with Gasteiger partial charge in [0.2, 0.25) is 0 Å². The van der Waals surface area contributed by atoms with Gasteiger partial charge in [-0.25, -0.2) is 0 Å². The van der Waals surface area contributed by atoms with Crippen LogP contribution in [-0.2, 0) is 6.42 Å². The van der Waals surface area contributed by atoms with E-state index in [1.807, 2.05) is 19.1 Å². The Balaban J connectivity index is 2.48. The first-order chi connectivity index (χ1) is 7.22. The number of fused-ring (bicyclic) bond motifs is 1. The summed E-state index contributed by atoms with van der Waals surface area (Å²) in [6, 6.07) is 6.15. The van der Waals surface area contributed by atoms with Crippen LogP contribution in [0.2, 0.25) is 0 Å². The Kier molecular flexibility index (Phi) is 3.12. The topological polar surface area (TPSA) is 39.2 Å². The van der Waals surface area contributed by atoms with Crippen molar-refractivity contribution < 1.29 is 4.42 Å². The molecule has 2 rings (SSSR count). The van der Waals surface area contributed by atoms with E-state index >= 15 is 0 Å². The van der Waals surface area contributed by atoms with Crippen molar-refractivity contribution in [2.24, 2.45) is 5.73 Å². The van der Waals surface area contributed by atoms with E-state index in [9.17, 15) is 0 Å². The molecule has 2 N–H and O–H groups in total. The fourth-order valence-corrected chi connectivity index (χ4v) is 2.18. The Hall–Kier alpha value is -0.800. The van der Waals surface area contributed by atoms with Crippen molar-refractivity contribution in [3.63, 3.8) is 0 Å². The van der Waals surface area contributed by atoms with Crippen molar-refractivity contribution in [2.75, 3.05) is 6.54 Å². The van der Waals surface area contributed by atoms with E-state index in [-0.39, 0.29) is 0 Å². The summed E-state index contributed by atoms with van der Waals surface area (Å²) in [6.45, 7) is 2.74. The average molecular weight is 268 g/mol. The maximum atomic E-state index is 5.71. The molecule has 0 aliphatic rings. The van der Waals surface area contributed by atoms with Gasteiger partial charge in [-0.2, -0.15) is 0 Å². The number of nitrogens with two attached hydrogens (primary N) is 1. The number of benzene rings is 1. The first-order valence-electron chi connectivity index (χ1n) is 5.10. The van der Waals surface area contributed by atoms with Crippen LogP contribution in [0.3, 0.4) is 0 Å². The molecule has 0 aliphatic heterocycles. The predicted octanol–water partition coefficient (Wildman–Crippen LogP) is 3.40. The van der Waals surface area contributed by atoms with E-state index in [1.165, 1.54) is 10.9 Å². The van der Waals surface area contributed by atoms with Gasteiger partial charge in [-0.05, 0) is 44.5 Å². The van der Waals surface area contributed by atoms with Gasteiger partial charge in [0.05, 0.1) is 0 Å². The van der Waals surface area contributed by atoms with Crippen molar-refractivity contribution in [3.8, 4) is 0 Å². The van der Waals surface area contributed by atoms with Gasteiger partial charge in [0.15, 0.2) is 0 Å². The lowest BCUT2D eigenvalue weighted by atomic mass is 10.1. The minimum atomic E-state index is 0.725. The fraction of sp³-hybridized carbons (Fsp3) is 0.333. The van der Waals surface area contributed by atoms with E-state index in [0.717, 1.165) is 35.2 Å². The Bertz CT molecular complexity index is 476. The van der Waals surface area contributed by atoms with Gasteiger partial charge in [-0.1, -0.05) is 15.9 Å². The fourth-order valence-electron chi connectivity index (χ4n) is 1.84. The Morgan fingerprint density at radius 1 is 1.40 bits per heavy atom. The quantitative estimate of drug-likeness (QED) is 0.926. The molecule has 0 amide bonds. The van der Waals surface area contributed by atoms with Crippen LogP contribution < -0.4 is 5.73 Å². The largest absolute Gasteiger partial charge is 0.461 e. The second-order valence-electron chi connectivity index (χ2n) is 3.67. The standard InChI is InChI=1S/C12H14BrNO/c1-8-10(3-2-6-14)11-5-4-9(13)7-12(11)15-8/h4-5,7H,2-3,6,14H2,1H3. The first kappa shape index (κ1) is 10.7. The molecule has 0 atom stereocenters. The minimum Gasteiger partial charge on any atom is -0.461 e. The zero-order chi connectivity index (χ0) is 10.8. The SMILES string of the molecule is Cc1oc2cc(Br)ccc2c1CCCN. The number of hydrogen-bond acceptors (Lipinski definition) is 2. The monoisotopic (exact) mass is 267 g/mol. The van der Waals surface area contributed by atoms with Crippen molar-refractivity contribution in [1.82, 2.24) is 0 Å². The second-order valence-corrected chi connectivity index (χ2v) is 4.59. The summed E-state index contributed by atoms with van der Waals surface area (Å²) < 4.78 is 6.76. The maximum absolute atomic E-state index is 5.71. The van der Waals surface area contributed by atoms with Crippen LogP contribution in [0.25, 0.3) is 11.0 Å². The first-order valence-corrected chi connectivity index (χ1v) is 5.89. The van der Waals surface area contributed by atoms with E-state index in [1.54, 1.807) is 0 Å². The van der Waals surface area contributed by atoms with Gasteiger partial charge < -0.3 is 10.2 Å². The summed E-state index contributed by atoms with van der Waals surface area (Å²) >= 11 is 3.44. The molecule has 0 unspecified atom stereocenters. The lowest BCUT2D eigenvalue weighted by molar-refractivity contribution is 0.570. The van der Waals surface area contributed by atoms with Crippen LogP contribution in [0, 0.1) is 6.92 Å². The Morgan fingerprint density at radius 3 is 2.93 bits per heavy atom. The highest BCUT2D eigenvalue weighted by Crippen LogP contribution is 2.28. The van der Waals surface area contributed by atoms with E-state index < -0.39 is 0 Å². The molecule has 0 saturated heterocycles. The van der Waals surface area contributed by atoms with Crippen LogP contribution in [0.4, 0.5) is 0 Å². The molecule has 0 aliphatic carbocycles. The molecule has 1 aromatic carbocycles. The number of furan rings is 1. The van der Waals surface area contributed by atoms with E-state index in [4.69, 9.17) is 10.2 Å². The van der Waals surface area contributed by atoms with Gasteiger partial charge in [-0.3, -0.25) is 0 Å². The third-order valence-corrected chi connectivity index (χ3v) is 3.08. The van der Waals surface area contributed by atoms with Crippen LogP contribution in [-0.4, -0.2) is 6.54 Å². The highest BCUT2D eigenvalue weighted by molar-refractivity contribution is 9.10. The third-order valence-electron chi connectivity index (χ3n) is 2.59. The summed E-state index contributed by atoms with van der Waals surface area (Å²) in [5.41, 5.74) is 7.77. The molecule has 80 valence electrons. The van der Waals surface area contributed by atoms with E-state index in [2.05, 4.69) is 22.0 Å². The zero-order valence-electron chi connectivity index (χ0n) is 8.72. The predicted molar refractivity (Wildman–Crippen MR) is 66.0 cm³/mol. The molecular weight excluding hydrogens is 254 g/mol. The maximum Gasteiger partial charge on any atom is 0.135 e. The molecule has 0 saturated carbocycles. The van der Waals surface area contributed by atoms with Crippen molar-refractivity contribution in [2.45, 2.75) is 19.8 Å². The zero-order valence-corrected chi connectivity index (χ0v) is 10.3. The summed E-state index contributed by atoms with van der Waals surface area (Å²) in [6.07, 6.45) is 2.00. The molecule has 2 aromatic rings. The number of aryl methyl sites for hydroxylation is 2. The smallest absolute Gasteiger partial charge is 0.135 e. The Morgan fingerprint density at radius 2 is 2.20 bits per heavy atom. The van der Waals surface area contributed by atoms with Crippen LogP contribution in [0.15, 0.2) is 27.1 Å². The molecule has 2 nitrogen and oxygen atoms in total. The van der Waals surface area contributed by atoms with Crippen molar-refractivity contribution in [3.05, 3.63) is 34.0 Å². The molecule has 0 radical (unpaired) electrons. The molecule has 15 heavy (non-hydrogen) atoms. The van der Waals surface area contributed by atoms with Crippen LogP contribution in [0.5, 0.6) is 0 Å². The normalized spacial score (nSPS) is 11.1. The van der Waals surface area contributed by atoms with Gasteiger partial charge in [0.1, 0.15) is 11.3 Å². The summed E-state index contributed by atoms with van der Waals surface area (Å²) in [4.78, 5) is 0. The van der Waals surface area contributed by atoms with Crippen molar-refractivity contribution in [1.29, 1.82) is 0 Å². The summed E-state index contributed by atoms with van der Waals surface area (Å²) in [5, 5.41) is 1.21. The highest BCUT2D eigenvalue weighted by Gasteiger charge is 2.10. The minimum absolute atomic E-state index is 0.725. The number of hydrogen-bond donors (Lipinski definition) is 1. The van der Waals surface area contributed by atoms with Crippen molar-refractivity contribution >= 4 is 26.9 Å². The van der Waals surface area contributed by atoms with Gasteiger partial charge in [0.25, 0.3) is 0 Å². The van der Waals surface area contributed by atoms with Crippen LogP contribution in [0.1, 0.15) is 17.7 Å². The molecule has 0 fully saturated rings. The van der Waals surface area contributed by atoms with Gasteiger partial charge in [0, 0.05) is 15.4 Å². The molecule has 1 heterocycles. The lowest BCUT2D eigenvalue weighted by Crippen LogP contribution is -2.00. The van der Waals surface area contributed by atoms with Gasteiger partial charge in [-0.15, -0.1) is 0 Å². The highest BCUT2D eigenvalue weighted by atomic mass is 79.9. The third kappa shape index (κ3) is 2.08. The average Bonchev–Trinajstić information content (AvgIpc) is 2.50.